The number of nitrogens with one attached hydrogen (secondary N) is 2. The van der Waals surface area contributed by atoms with Gasteiger partial charge in [0, 0.05) is 10.6 Å². The Morgan fingerprint density at radius 1 is 1.41 bits per heavy atom. The van der Waals surface area contributed by atoms with Crippen LogP contribution >= 0.6 is 11.6 Å². The van der Waals surface area contributed by atoms with Gasteiger partial charge < -0.3 is 5.84 Å². The molecule has 0 fully saturated rings. The van der Waals surface area contributed by atoms with E-state index in [9.17, 15) is 0 Å². The lowest BCUT2D eigenvalue weighted by molar-refractivity contribution is 0.936. The van der Waals surface area contributed by atoms with Gasteiger partial charge in [0.25, 0.3) is 0 Å². The van der Waals surface area contributed by atoms with Crippen LogP contribution < -0.4 is 5.84 Å². The number of hydrogen-bond acceptors (Lipinski definition) is 4. The fourth-order valence-corrected chi connectivity index (χ4v) is 1.53. The molecule has 1 aromatic heterocycles. The van der Waals surface area contributed by atoms with Gasteiger partial charge in [-0.3, -0.25) is 5.41 Å². The third kappa shape index (κ3) is 2.28. The maximum Gasteiger partial charge on any atom is 0.198 e. The van der Waals surface area contributed by atoms with E-state index in [1.165, 1.54) is 0 Å². The van der Waals surface area contributed by atoms with Gasteiger partial charge in [0.1, 0.15) is 5.69 Å². The summed E-state index contributed by atoms with van der Waals surface area (Å²) in [6.45, 7) is 0. The second-order valence-electron chi connectivity index (χ2n) is 3.10. The van der Waals surface area contributed by atoms with Crippen molar-refractivity contribution in [1.29, 1.82) is 5.41 Å². The molecule has 0 saturated heterocycles. The lowest BCUT2D eigenvalue weighted by atomic mass is 10.1. The normalized spacial score (nSPS) is 10.9. The van der Waals surface area contributed by atoms with Crippen LogP contribution in [0.25, 0.3) is 11.3 Å². The molecule has 0 amide bonds. The topological polar surface area (TPSA) is 116 Å². The van der Waals surface area contributed by atoms with Gasteiger partial charge in [0.05, 0.1) is 0 Å². The second kappa shape index (κ2) is 4.71. The molecule has 0 saturated carbocycles. The molecule has 0 radical (unpaired) electrons. The van der Waals surface area contributed by atoms with Gasteiger partial charge in [-0.15, -0.1) is 5.11 Å². The largest absolute Gasteiger partial charge is 0.305 e. The van der Waals surface area contributed by atoms with Crippen LogP contribution in [0.1, 0.15) is 5.69 Å². The molecule has 0 aliphatic rings. The molecule has 17 heavy (non-hydrogen) atoms. The first kappa shape index (κ1) is 11.2. The van der Waals surface area contributed by atoms with E-state index in [1.807, 2.05) is 0 Å². The van der Waals surface area contributed by atoms with Crippen LogP contribution in [0.3, 0.4) is 0 Å². The highest BCUT2D eigenvalue weighted by atomic mass is 35.5. The minimum absolute atomic E-state index is 0.170. The lowest BCUT2D eigenvalue weighted by Crippen LogP contribution is -1.98. The van der Waals surface area contributed by atoms with E-state index in [-0.39, 0.29) is 11.5 Å². The Labute approximate surface area is 101 Å². The van der Waals surface area contributed by atoms with Crippen LogP contribution in [0.4, 0.5) is 0 Å². The van der Waals surface area contributed by atoms with Crippen molar-refractivity contribution in [2.75, 3.05) is 0 Å². The summed E-state index contributed by atoms with van der Waals surface area (Å²) in [4.78, 5) is 0. The molecule has 4 N–H and O–H groups in total. The highest BCUT2D eigenvalue weighted by Crippen LogP contribution is 2.23. The predicted molar refractivity (Wildman–Crippen MR) is 62.7 cm³/mol. The molecule has 0 aliphatic carbocycles. The van der Waals surface area contributed by atoms with E-state index in [0.717, 1.165) is 5.56 Å². The van der Waals surface area contributed by atoms with E-state index in [1.54, 1.807) is 24.3 Å². The number of aromatic amines is 1. The summed E-state index contributed by atoms with van der Waals surface area (Å²) in [6.07, 6.45) is 0. The Hall–Kier alpha value is -2.28. The number of nitrogens with zero attached hydrogens (tertiary/aromatic N) is 4. The average molecular weight is 250 g/mol. The van der Waals surface area contributed by atoms with Gasteiger partial charge in [0.15, 0.2) is 11.5 Å². The van der Waals surface area contributed by atoms with E-state index in [0.29, 0.717) is 10.7 Å². The number of H-pyrrole nitrogens is 1. The average Bonchev–Trinajstić information content (AvgIpc) is 2.78. The van der Waals surface area contributed by atoms with Crippen LogP contribution in [-0.2, 0) is 0 Å². The molecule has 1 aromatic carbocycles. The van der Waals surface area contributed by atoms with Gasteiger partial charge in [0.2, 0.25) is 0 Å². The standard InChI is InChI=1S/C9H8ClN7/c10-6-3-1-2-5(4-6)7-8(14-17-13-7)9(11)15-16-12/h1-4H,(H3,11,12,15)(H,13,14,17). The zero-order valence-electron chi connectivity index (χ0n) is 8.55. The number of amidine groups is 1. The molecule has 0 spiro atoms. The SMILES string of the molecule is N=C(N=NN)c1n[nH]nc1-c1cccc(Cl)c1. The Balaban J connectivity index is 2.47. The summed E-state index contributed by atoms with van der Waals surface area (Å²) in [5.41, 5.74) is 1.48. The first-order chi connectivity index (χ1) is 8.22. The van der Waals surface area contributed by atoms with Crippen molar-refractivity contribution >= 4 is 17.4 Å². The van der Waals surface area contributed by atoms with Gasteiger partial charge in [-0.05, 0) is 12.1 Å². The summed E-state index contributed by atoms with van der Waals surface area (Å²) in [7, 11) is 0. The van der Waals surface area contributed by atoms with E-state index < -0.39 is 0 Å². The van der Waals surface area contributed by atoms with Crippen molar-refractivity contribution in [2.45, 2.75) is 0 Å². The van der Waals surface area contributed by atoms with Crippen molar-refractivity contribution in [3.63, 3.8) is 0 Å². The summed E-state index contributed by atoms with van der Waals surface area (Å²) < 4.78 is 0. The number of halogens is 1. The monoisotopic (exact) mass is 249 g/mol. The minimum atomic E-state index is -0.170. The number of benzene rings is 1. The molecule has 2 aromatic rings. The van der Waals surface area contributed by atoms with Crippen molar-refractivity contribution in [3.8, 4) is 11.3 Å². The highest BCUT2D eigenvalue weighted by molar-refractivity contribution is 6.30. The maximum absolute atomic E-state index is 7.59. The second-order valence-corrected chi connectivity index (χ2v) is 3.53. The molecule has 8 heteroatoms. The Bertz CT molecular complexity index is 574. The third-order valence-electron chi connectivity index (χ3n) is 2.03. The smallest absolute Gasteiger partial charge is 0.198 e. The Kier molecular flexibility index (Phi) is 3.10. The summed E-state index contributed by atoms with van der Waals surface area (Å²) >= 11 is 5.88. The van der Waals surface area contributed by atoms with E-state index in [4.69, 9.17) is 22.9 Å². The zero-order chi connectivity index (χ0) is 12.3. The molecular formula is C9H8ClN7. The van der Waals surface area contributed by atoms with Crippen molar-refractivity contribution in [1.82, 2.24) is 15.4 Å². The molecule has 1 heterocycles. The van der Waals surface area contributed by atoms with E-state index in [2.05, 4.69) is 25.7 Å². The number of nitrogens with two attached hydrogens (primary N) is 1. The lowest BCUT2D eigenvalue weighted by Gasteiger charge is -1.99. The number of rotatable bonds is 2. The molecule has 0 unspecified atom stereocenters. The molecule has 7 nitrogen and oxygen atoms in total. The van der Waals surface area contributed by atoms with Crippen molar-refractivity contribution < 1.29 is 0 Å². The number of aromatic nitrogens is 3. The molecule has 2 rings (SSSR count). The minimum Gasteiger partial charge on any atom is -0.305 e. The third-order valence-corrected chi connectivity index (χ3v) is 2.26. The maximum atomic E-state index is 7.59. The van der Waals surface area contributed by atoms with Crippen LogP contribution in [0.2, 0.25) is 5.02 Å². The van der Waals surface area contributed by atoms with Gasteiger partial charge in [-0.2, -0.15) is 15.4 Å². The quantitative estimate of drug-likeness (QED) is 0.248. The van der Waals surface area contributed by atoms with Crippen molar-refractivity contribution in [3.05, 3.63) is 35.0 Å². The fourth-order valence-electron chi connectivity index (χ4n) is 1.34. The van der Waals surface area contributed by atoms with Crippen molar-refractivity contribution in [2.24, 2.45) is 16.2 Å². The molecule has 0 atom stereocenters. The predicted octanol–water partition coefficient (Wildman–Crippen LogP) is 1.78. The molecular weight excluding hydrogens is 242 g/mol. The highest BCUT2D eigenvalue weighted by Gasteiger charge is 2.14. The zero-order valence-corrected chi connectivity index (χ0v) is 9.31. The van der Waals surface area contributed by atoms with Crippen LogP contribution in [0.5, 0.6) is 0 Å². The van der Waals surface area contributed by atoms with Crippen LogP contribution in [0.15, 0.2) is 34.6 Å². The number of hydrogen-bond donors (Lipinski definition) is 3. The summed E-state index contributed by atoms with van der Waals surface area (Å²) in [6, 6.07) is 7.05. The Morgan fingerprint density at radius 2 is 2.24 bits per heavy atom. The fraction of sp³-hybridized carbons (Fsp3) is 0. The summed E-state index contributed by atoms with van der Waals surface area (Å²) in [5.74, 6) is 4.72. The van der Waals surface area contributed by atoms with Crippen LogP contribution in [0, 0.1) is 5.41 Å². The molecule has 0 aliphatic heterocycles. The molecule has 0 bridgehead atoms. The summed E-state index contributed by atoms with van der Waals surface area (Å²) in [5, 5.41) is 24.8. The first-order valence-electron chi connectivity index (χ1n) is 4.59. The Morgan fingerprint density at radius 3 is 2.94 bits per heavy atom. The van der Waals surface area contributed by atoms with Gasteiger partial charge in [-0.1, -0.05) is 29.0 Å². The van der Waals surface area contributed by atoms with Gasteiger partial charge >= 0.3 is 0 Å². The first-order valence-corrected chi connectivity index (χ1v) is 4.96. The van der Waals surface area contributed by atoms with Crippen LogP contribution in [-0.4, -0.2) is 21.2 Å². The molecule has 86 valence electrons. The van der Waals surface area contributed by atoms with E-state index >= 15 is 0 Å². The van der Waals surface area contributed by atoms with Gasteiger partial charge in [-0.25, -0.2) is 0 Å².